The Hall–Kier alpha value is -4.73. The van der Waals surface area contributed by atoms with E-state index in [9.17, 15) is 23.6 Å². The number of esters is 1. The quantitative estimate of drug-likeness (QED) is 0.389. The number of carbonyl (C=O) groups excluding carboxylic acids is 4. The number of aryl methyl sites for hydroxylation is 1. The van der Waals surface area contributed by atoms with Gasteiger partial charge in [-0.3, -0.25) is 14.9 Å². The second-order valence-corrected chi connectivity index (χ2v) is 7.50. The van der Waals surface area contributed by atoms with Gasteiger partial charge in [0, 0.05) is 6.42 Å². The summed E-state index contributed by atoms with van der Waals surface area (Å²) >= 11 is 0. The van der Waals surface area contributed by atoms with E-state index in [-0.39, 0.29) is 29.3 Å². The average Bonchev–Trinajstić information content (AvgIpc) is 2.88. The van der Waals surface area contributed by atoms with Gasteiger partial charge < -0.3 is 20.1 Å². The van der Waals surface area contributed by atoms with Crippen molar-refractivity contribution in [1.29, 1.82) is 0 Å². The molecule has 186 valence electrons. The van der Waals surface area contributed by atoms with Crippen LogP contribution in [0.1, 0.15) is 22.3 Å². The summed E-state index contributed by atoms with van der Waals surface area (Å²) in [5, 5.41) is 6.79. The SMILES string of the molecule is COc1ccc(CCC(=O)Nc2ccccc2C(=O)OCC(=O)NC(=O)Nc2ccccc2F)cc1. The first-order valence-corrected chi connectivity index (χ1v) is 10.9. The monoisotopic (exact) mass is 493 g/mol. The van der Waals surface area contributed by atoms with E-state index >= 15 is 0 Å². The summed E-state index contributed by atoms with van der Waals surface area (Å²) in [6, 6.07) is 18.0. The van der Waals surface area contributed by atoms with E-state index < -0.39 is 30.3 Å². The Bertz CT molecular complexity index is 1250. The summed E-state index contributed by atoms with van der Waals surface area (Å²) in [6.07, 6.45) is 0.660. The highest BCUT2D eigenvalue weighted by Gasteiger charge is 2.17. The number of para-hydroxylation sites is 2. The fourth-order valence-corrected chi connectivity index (χ4v) is 3.12. The van der Waals surface area contributed by atoms with Crippen LogP contribution in [0.25, 0.3) is 0 Å². The van der Waals surface area contributed by atoms with Crippen molar-refractivity contribution < 1.29 is 33.0 Å². The van der Waals surface area contributed by atoms with Gasteiger partial charge in [-0.25, -0.2) is 14.0 Å². The molecule has 0 unspecified atom stereocenters. The zero-order valence-electron chi connectivity index (χ0n) is 19.4. The van der Waals surface area contributed by atoms with Crippen molar-refractivity contribution in [3.8, 4) is 5.75 Å². The van der Waals surface area contributed by atoms with Crippen molar-refractivity contribution in [1.82, 2.24) is 5.32 Å². The van der Waals surface area contributed by atoms with E-state index in [0.717, 1.165) is 17.4 Å². The molecule has 36 heavy (non-hydrogen) atoms. The molecule has 0 saturated heterocycles. The number of methoxy groups -OCH3 is 1. The van der Waals surface area contributed by atoms with Gasteiger partial charge in [-0.2, -0.15) is 0 Å². The minimum absolute atomic E-state index is 0.0407. The van der Waals surface area contributed by atoms with E-state index in [1.807, 2.05) is 17.4 Å². The third-order valence-corrected chi connectivity index (χ3v) is 4.93. The Balaban J connectivity index is 1.49. The van der Waals surface area contributed by atoms with Gasteiger partial charge >= 0.3 is 12.0 Å². The van der Waals surface area contributed by atoms with Crippen molar-refractivity contribution in [3.63, 3.8) is 0 Å². The highest BCUT2D eigenvalue weighted by molar-refractivity contribution is 6.04. The summed E-state index contributed by atoms with van der Waals surface area (Å²) in [4.78, 5) is 48.7. The predicted molar refractivity (Wildman–Crippen MR) is 130 cm³/mol. The van der Waals surface area contributed by atoms with E-state index in [4.69, 9.17) is 9.47 Å². The minimum atomic E-state index is -0.981. The maximum Gasteiger partial charge on any atom is 0.340 e. The van der Waals surface area contributed by atoms with Gasteiger partial charge in [0.15, 0.2) is 6.61 Å². The number of rotatable bonds is 9. The molecule has 0 atom stereocenters. The molecule has 3 rings (SSSR count). The van der Waals surface area contributed by atoms with Crippen LogP contribution in [-0.2, 0) is 20.7 Å². The second kappa shape index (κ2) is 12.7. The minimum Gasteiger partial charge on any atom is -0.497 e. The number of anilines is 2. The Morgan fingerprint density at radius 2 is 1.47 bits per heavy atom. The van der Waals surface area contributed by atoms with Crippen molar-refractivity contribution in [2.24, 2.45) is 0 Å². The molecule has 0 saturated carbocycles. The molecular formula is C26H24FN3O6. The van der Waals surface area contributed by atoms with Gasteiger partial charge in [0.25, 0.3) is 5.91 Å². The Morgan fingerprint density at radius 1 is 0.806 bits per heavy atom. The van der Waals surface area contributed by atoms with Crippen LogP contribution in [0, 0.1) is 5.82 Å². The fourth-order valence-electron chi connectivity index (χ4n) is 3.12. The van der Waals surface area contributed by atoms with Gasteiger partial charge in [0.05, 0.1) is 24.0 Å². The summed E-state index contributed by atoms with van der Waals surface area (Å²) in [6.45, 7) is -0.761. The van der Waals surface area contributed by atoms with Gasteiger partial charge in [0.1, 0.15) is 11.6 Å². The zero-order chi connectivity index (χ0) is 25.9. The van der Waals surface area contributed by atoms with Crippen LogP contribution >= 0.6 is 0 Å². The average molecular weight is 493 g/mol. The summed E-state index contributed by atoms with van der Waals surface area (Å²) in [5.74, 6) is -2.05. The first-order valence-electron chi connectivity index (χ1n) is 10.9. The van der Waals surface area contributed by atoms with Crippen LogP contribution in [0.2, 0.25) is 0 Å². The normalized spacial score (nSPS) is 10.2. The second-order valence-electron chi connectivity index (χ2n) is 7.50. The Labute approximate surface area is 206 Å². The maximum absolute atomic E-state index is 13.6. The molecule has 0 bridgehead atoms. The topological polar surface area (TPSA) is 123 Å². The number of halogens is 1. The van der Waals surface area contributed by atoms with Crippen LogP contribution in [0.3, 0.4) is 0 Å². The molecule has 0 radical (unpaired) electrons. The van der Waals surface area contributed by atoms with Crippen molar-refractivity contribution in [3.05, 3.63) is 89.7 Å². The number of hydrogen-bond donors (Lipinski definition) is 3. The first-order chi connectivity index (χ1) is 17.4. The number of hydrogen-bond acceptors (Lipinski definition) is 6. The third-order valence-electron chi connectivity index (χ3n) is 4.93. The first kappa shape index (κ1) is 25.9. The molecule has 0 fully saturated rings. The molecular weight excluding hydrogens is 469 g/mol. The Kier molecular flexibility index (Phi) is 9.10. The molecule has 4 amide bonds. The van der Waals surface area contributed by atoms with Crippen LogP contribution in [0.15, 0.2) is 72.8 Å². The van der Waals surface area contributed by atoms with Crippen molar-refractivity contribution >= 4 is 35.2 Å². The van der Waals surface area contributed by atoms with E-state index in [0.29, 0.717) is 6.42 Å². The van der Waals surface area contributed by atoms with E-state index in [1.54, 1.807) is 31.4 Å². The molecule has 0 aliphatic heterocycles. The number of imide groups is 1. The molecule has 9 nitrogen and oxygen atoms in total. The third kappa shape index (κ3) is 7.66. The molecule has 0 aliphatic carbocycles. The molecule has 3 N–H and O–H groups in total. The van der Waals surface area contributed by atoms with Crippen molar-refractivity contribution in [2.45, 2.75) is 12.8 Å². The number of urea groups is 1. The van der Waals surface area contributed by atoms with Gasteiger partial charge in [0.2, 0.25) is 5.91 Å². The van der Waals surface area contributed by atoms with Crippen LogP contribution in [0.4, 0.5) is 20.6 Å². The molecule has 3 aromatic rings. The summed E-state index contributed by atoms with van der Waals surface area (Å²) in [7, 11) is 1.57. The largest absolute Gasteiger partial charge is 0.497 e. The summed E-state index contributed by atoms with van der Waals surface area (Å²) < 4.78 is 23.7. The zero-order valence-corrected chi connectivity index (χ0v) is 19.4. The smallest absolute Gasteiger partial charge is 0.340 e. The van der Waals surface area contributed by atoms with E-state index in [1.165, 1.54) is 30.3 Å². The van der Waals surface area contributed by atoms with Crippen LogP contribution in [-0.4, -0.2) is 37.5 Å². The lowest BCUT2D eigenvalue weighted by molar-refractivity contribution is -0.123. The number of nitrogens with one attached hydrogen (secondary N) is 3. The number of ether oxygens (including phenoxy) is 2. The van der Waals surface area contributed by atoms with Crippen LogP contribution < -0.4 is 20.7 Å². The fraction of sp³-hybridized carbons (Fsp3) is 0.154. The lowest BCUT2D eigenvalue weighted by Gasteiger charge is -2.11. The molecule has 3 aromatic carbocycles. The molecule has 0 spiro atoms. The number of carbonyl (C=O) groups is 4. The standard InChI is InChI=1S/C26H24FN3O6/c1-35-18-13-10-17(11-14-18)12-15-23(31)28-21-8-4-2-6-19(21)25(33)36-16-24(32)30-26(34)29-22-9-5-3-7-20(22)27/h2-11,13-14H,12,15-16H2,1H3,(H,28,31)(H2,29,30,32,34). The summed E-state index contributed by atoms with van der Waals surface area (Å²) in [5.41, 5.74) is 1.10. The molecule has 0 aromatic heterocycles. The van der Waals surface area contributed by atoms with Gasteiger partial charge in [-0.15, -0.1) is 0 Å². The lowest BCUT2D eigenvalue weighted by Crippen LogP contribution is -2.37. The number of benzene rings is 3. The van der Waals surface area contributed by atoms with Gasteiger partial charge in [-0.05, 0) is 48.4 Å². The molecule has 10 heteroatoms. The van der Waals surface area contributed by atoms with Gasteiger partial charge in [-0.1, -0.05) is 36.4 Å². The predicted octanol–water partition coefficient (Wildman–Crippen LogP) is 3.91. The molecule has 0 heterocycles. The lowest BCUT2D eigenvalue weighted by atomic mass is 10.1. The maximum atomic E-state index is 13.6. The van der Waals surface area contributed by atoms with Crippen molar-refractivity contribution in [2.75, 3.05) is 24.4 Å². The van der Waals surface area contributed by atoms with Crippen LogP contribution in [0.5, 0.6) is 5.75 Å². The number of amides is 4. The highest BCUT2D eigenvalue weighted by atomic mass is 19.1. The van der Waals surface area contributed by atoms with E-state index in [2.05, 4.69) is 10.6 Å². The Morgan fingerprint density at radius 3 is 2.17 bits per heavy atom. The molecule has 0 aliphatic rings. The highest BCUT2D eigenvalue weighted by Crippen LogP contribution is 2.18.